The van der Waals surface area contributed by atoms with Gasteiger partial charge in [0.05, 0.1) is 10.5 Å². The lowest BCUT2D eigenvalue weighted by molar-refractivity contribution is -0.385. The van der Waals surface area contributed by atoms with Gasteiger partial charge in [-0.2, -0.15) is 0 Å². The lowest BCUT2D eigenvalue weighted by atomic mass is 10.1. The highest BCUT2D eigenvalue weighted by Crippen LogP contribution is 2.23. The summed E-state index contributed by atoms with van der Waals surface area (Å²) in [5, 5.41) is 13.1. The molecule has 2 rings (SSSR count). The number of benzene rings is 2. The Hall–Kier alpha value is -2.83. The van der Waals surface area contributed by atoms with Crippen molar-refractivity contribution >= 4 is 17.3 Å². The van der Waals surface area contributed by atoms with Crippen molar-refractivity contribution in [3.8, 4) is 0 Å². The molecule has 0 atom stereocenters. The number of anilines is 1. The topological polar surface area (TPSA) is 72.2 Å². The Kier molecular flexibility index (Phi) is 3.93. The van der Waals surface area contributed by atoms with Gasteiger partial charge in [0.25, 0.3) is 11.6 Å². The summed E-state index contributed by atoms with van der Waals surface area (Å²) in [6.45, 7) is 1.56. The number of nitrogens with zero attached hydrogens (tertiary/aromatic N) is 1. The molecule has 0 aromatic heterocycles. The zero-order valence-corrected chi connectivity index (χ0v) is 10.9. The van der Waals surface area contributed by atoms with Gasteiger partial charge in [-0.25, -0.2) is 8.78 Å². The molecular weight excluding hydrogens is 282 g/mol. The van der Waals surface area contributed by atoms with Crippen molar-refractivity contribution in [3.63, 3.8) is 0 Å². The molecule has 7 heteroatoms. The van der Waals surface area contributed by atoms with Gasteiger partial charge in [-0.3, -0.25) is 14.9 Å². The van der Waals surface area contributed by atoms with Crippen LogP contribution in [0.15, 0.2) is 36.4 Å². The average molecular weight is 292 g/mol. The van der Waals surface area contributed by atoms with Crippen LogP contribution in [0.1, 0.15) is 15.9 Å². The van der Waals surface area contributed by atoms with Crippen molar-refractivity contribution in [1.82, 2.24) is 0 Å². The standard InChI is InChI=1S/C14H10F2N2O3/c1-8-2-4-10(7-13(8)18(20)21)17-14(19)11-5-3-9(15)6-12(11)16/h2-7H,1H3,(H,17,19). The smallest absolute Gasteiger partial charge is 0.274 e. The highest BCUT2D eigenvalue weighted by Gasteiger charge is 2.15. The molecule has 0 radical (unpaired) electrons. The average Bonchev–Trinajstić information content (AvgIpc) is 2.40. The minimum atomic E-state index is -1.01. The maximum Gasteiger partial charge on any atom is 0.274 e. The Morgan fingerprint density at radius 1 is 1.19 bits per heavy atom. The predicted molar refractivity (Wildman–Crippen MR) is 72.1 cm³/mol. The molecule has 1 N–H and O–H groups in total. The van der Waals surface area contributed by atoms with E-state index in [2.05, 4.69) is 5.32 Å². The number of hydrogen-bond donors (Lipinski definition) is 1. The van der Waals surface area contributed by atoms with E-state index in [0.29, 0.717) is 11.6 Å². The molecule has 0 saturated heterocycles. The third-order valence-electron chi connectivity index (χ3n) is 2.84. The largest absolute Gasteiger partial charge is 0.322 e. The summed E-state index contributed by atoms with van der Waals surface area (Å²) in [7, 11) is 0. The lowest BCUT2D eigenvalue weighted by Gasteiger charge is -2.07. The first-order valence-electron chi connectivity index (χ1n) is 5.90. The Labute approximate surface area is 118 Å². The minimum absolute atomic E-state index is 0.154. The third-order valence-corrected chi connectivity index (χ3v) is 2.84. The van der Waals surface area contributed by atoms with Crippen LogP contribution in [-0.4, -0.2) is 10.8 Å². The second-order valence-electron chi connectivity index (χ2n) is 4.34. The number of carbonyl (C=O) groups excluding carboxylic acids is 1. The van der Waals surface area contributed by atoms with Gasteiger partial charge in [0.2, 0.25) is 0 Å². The van der Waals surface area contributed by atoms with E-state index in [0.717, 1.165) is 12.1 Å². The molecule has 0 aliphatic carbocycles. The van der Waals surface area contributed by atoms with E-state index in [-0.39, 0.29) is 16.9 Å². The Bertz CT molecular complexity index is 732. The maximum absolute atomic E-state index is 13.5. The first-order valence-corrected chi connectivity index (χ1v) is 5.90. The van der Waals surface area contributed by atoms with E-state index in [9.17, 15) is 23.7 Å². The molecule has 0 saturated carbocycles. The molecule has 0 spiro atoms. The first-order chi connectivity index (χ1) is 9.88. The highest BCUT2D eigenvalue weighted by atomic mass is 19.1. The molecule has 2 aromatic carbocycles. The van der Waals surface area contributed by atoms with Gasteiger partial charge in [0, 0.05) is 23.4 Å². The molecule has 0 aliphatic heterocycles. The molecular formula is C14H10F2N2O3. The minimum Gasteiger partial charge on any atom is -0.322 e. The molecule has 21 heavy (non-hydrogen) atoms. The fourth-order valence-corrected chi connectivity index (χ4v) is 1.76. The quantitative estimate of drug-likeness (QED) is 0.695. The van der Waals surface area contributed by atoms with Gasteiger partial charge < -0.3 is 5.32 Å². The van der Waals surface area contributed by atoms with Crippen molar-refractivity contribution < 1.29 is 18.5 Å². The fourth-order valence-electron chi connectivity index (χ4n) is 1.76. The molecule has 0 bridgehead atoms. The fraction of sp³-hybridized carbons (Fsp3) is 0.0714. The number of carbonyl (C=O) groups is 1. The van der Waals surface area contributed by atoms with E-state index in [1.54, 1.807) is 6.92 Å². The van der Waals surface area contributed by atoms with E-state index in [1.807, 2.05) is 0 Å². The SMILES string of the molecule is Cc1ccc(NC(=O)c2ccc(F)cc2F)cc1[N+](=O)[O-]. The summed E-state index contributed by atoms with van der Waals surface area (Å²) in [5.41, 5.74) is 0.0824. The molecule has 2 aromatic rings. The van der Waals surface area contributed by atoms with Crippen LogP contribution in [0.25, 0.3) is 0 Å². The van der Waals surface area contributed by atoms with Crippen molar-refractivity contribution in [2.75, 3.05) is 5.32 Å². The number of aryl methyl sites for hydroxylation is 1. The Morgan fingerprint density at radius 2 is 1.90 bits per heavy atom. The van der Waals surface area contributed by atoms with Crippen molar-refractivity contribution in [3.05, 3.63) is 69.3 Å². The van der Waals surface area contributed by atoms with E-state index < -0.39 is 22.5 Å². The summed E-state index contributed by atoms with van der Waals surface area (Å²) in [6, 6.07) is 6.65. The van der Waals surface area contributed by atoms with Crippen LogP contribution in [0, 0.1) is 28.7 Å². The van der Waals surface area contributed by atoms with Gasteiger partial charge in [0.15, 0.2) is 0 Å². The number of hydrogen-bond acceptors (Lipinski definition) is 3. The van der Waals surface area contributed by atoms with Crippen LogP contribution in [0.3, 0.4) is 0 Å². The van der Waals surface area contributed by atoms with Crippen molar-refractivity contribution in [2.45, 2.75) is 6.92 Å². The normalized spacial score (nSPS) is 10.2. The van der Waals surface area contributed by atoms with E-state index in [1.165, 1.54) is 18.2 Å². The number of rotatable bonds is 3. The predicted octanol–water partition coefficient (Wildman–Crippen LogP) is 3.43. The summed E-state index contributed by atoms with van der Waals surface area (Å²) >= 11 is 0. The molecule has 0 unspecified atom stereocenters. The lowest BCUT2D eigenvalue weighted by Crippen LogP contribution is -2.14. The third kappa shape index (κ3) is 3.19. The Balaban J connectivity index is 2.27. The number of nitro benzene ring substituents is 1. The van der Waals surface area contributed by atoms with Gasteiger partial charge >= 0.3 is 0 Å². The van der Waals surface area contributed by atoms with Crippen molar-refractivity contribution in [2.24, 2.45) is 0 Å². The molecule has 0 heterocycles. The summed E-state index contributed by atoms with van der Waals surface area (Å²) < 4.78 is 26.2. The van der Waals surface area contributed by atoms with Gasteiger partial charge in [-0.15, -0.1) is 0 Å². The number of nitrogens with one attached hydrogen (secondary N) is 1. The van der Waals surface area contributed by atoms with Crippen LogP contribution in [0.5, 0.6) is 0 Å². The molecule has 0 fully saturated rings. The first kappa shape index (κ1) is 14.6. The zero-order valence-electron chi connectivity index (χ0n) is 10.9. The second-order valence-corrected chi connectivity index (χ2v) is 4.34. The molecule has 1 amide bonds. The summed E-state index contributed by atoms with van der Waals surface area (Å²) in [6.07, 6.45) is 0. The van der Waals surface area contributed by atoms with E-state index >= 15 is 0 Å². The Morgan fingerprint density at radius 3 is 2.52 bits per heavy atom. The number of halogens is 2. The van der Waals surface area contributed by atoms with Crippen LogP contribution in [0.4, 0.5) is 20.2 Å². The maximum atomic E-state index is 13.5. The summed E-state index contributed by atoms with van der Waals surface area (Å²) in [4.78, 5) is 22.1. The van der Waals surface area contributed by atoms with Gasteiger partial charge in [-0.05, 0) is 25.1 Å². The number of amides is 1. The van der Waals surface area contributed by atoms with Crippen LogP contribution < -0.4 is 5.32 Å². The zero-order chi connectivity index (χ0) is 15.6. The number of nitro groups is 1. The van der Waals surface area contributed by atoms with Crippen LogP contribution in [-0.2, 0) is 0 Å². The van der Waals surface area contributed by atoms with Gasteiger partial charge in [-0.1, -0.05) is 6.07 Å². The highest BCUT2D eigenvalue weighted by molar-refractivity contribution is 6.04. The molecule has 108 valence electrons. The summed E-state index contributed by atoms with van der Waals surface area (Å²) in [5.74, 6) is -2.62. The van der Waals surface area contributed by atoms with Crippen LogP contribution in [0.2, 0.25) is 0 Å². The van der Waals surface area contributed by atoms with Crippen LogP contribution >= 0.6 is 0 Å². The van der Waals surface area contributed by atoms with Gasteiger partial charge in [0.1, 0.15) is 11.6 Å². The monoisotopic (exact) mass is 292 g/mol. The van der Waals surface area contributed by atoms with E-state index in [4.69, 9.17) is 0 Å². The second kappa shape index (κ2) is 5.66. The molecule has 5 nitrogen and oxygen atoms in total. The van der Waals surface area contributed by atoms with Crippen molar-refractivity contribution in [1.29, 1.82) is 0 Å². The molecule has 0 aliphatic rings.